The van der Waals surface area contributed by atoms with Gasteiger partial charge in [-0.05, 0) is 32.8 Å². The molecule has 0 spiro atoms. The molecule has 0 aromatic heterocycles. The van der Waals surface area contributed by atoms with Crippen molar-refractivity contribution in [2.75, 3.05) is 6.61 Å². The molecule has 1 aliphatic rings. The molecule has 0 radical (unpaired) electrons. The van der Waals surface area contributed by atoms with Gasteiger partial charge in [-0.3, -0.25) is 4.79 Å². The largest absolute Gasteiger partial charge is 0.376 e. The topological polar surface area (TPSA) is 38.3 Å². The summed E-state index contributed by atoms with van der Waals surface area (Å²) in [6.45, 7) is 4.69. The first-order valence-corrected chi connectivity index (χ1v) is 7.11. The zero-order valence-electron chi connectivity index (χ0n) is 11.7. The van der Waals surface area contributed by atoms with Gasteiger partial charge < -0.3 is 10.1 Å². The molecule has 0 aliphatic carbocycles. The van der Waals surface area contributed by atoms with Crippen molar-refractivity contribution >= 4 is 17.5 Å². The predicted molar refractivity (Wildman–Crippen MR) is 76.0 cm³/mol. The Kier molecular flexibility index (Phi) is 4.66. The molecule has 1 unspecified atom stereocenters. The Morgan fingerprint density at radius 3 is 3.00 bits per heavy atom. The van der Waals surface area contributed by atoms with Crippen LogP contribution in [0.1, 0.15) is 32.3 Å². The molecule has 1 atom stereocenters. The number of amides is 1. The van der Waals surface area contributed by atoms with E-state index in [1.54, 1.807) is 12.1 Å². The Morgan fingerprint density at radius 1 is 1.55 bits per heavy atom. The molecule has 1 aliphatic heterocycles. The van der Waals surface area contributed by atoms with E-state index in [0.29, 0.717) is 25.0 Å². The van der Waals surface area contributed by atoms with Crippen molar-refractivity contribution < 1.29 is 13.9 Å². The average molecular weight is 300 g/mol. The second kappa shape index (κ2) is 6.10. The molecule has 2 rings (SSSR count). The Labute approximate surface area is 123 Å². The molecule has 1 saturated heterocycles. The fourth-order valence-electron chi connectivity index (χ4n) is 2.47. The summed E-state index contributed by atoms with van der Waals surface area (Å²) in [5.74, 6) is -0.608. The molecule has 1 aromatic carbocycles. The standard InChI is InChI=1S/C15H19ClFNO2/c1-15(2)8-10(6-7-20-15)14(19)18-9-11-4-3-5-12(16)13(11)17/h3-5,10H,6-9H2,1-2H3,(H,18,19). The average Bonchev–Trinajstić information content (AvgIpc) is 2.39. The van der Waals surface area contributed by atoms with Crippen molar-refractivity contribution in [1.29, 1.82) is 0 Å². The van der Waals surface area contributed by atoms with Crippen LogP contribution in [0.2, 0.25) is 5.02 Å². The van der Waals surface area contributed by atoms with Gasteiger partial charge in [-0.15, -0.1) is 0 Å². The van der Waals surface area contributed by atoms with Crippen LogP contribution in [0.15, 0.2) is 18.2 Å². The maximum atomic E-state index is 13.7. The van der Waals surface area contributed by atoms with Crippen molar-refractivity contribution in [2.45, 2.75) is 38.8 Å². The normalized spacial score (nSPS) is 21.5. The lowest BCUT2D eigenvalue weighted by atomic mass is 9.88. The van der Waals surface area contributed by atoms with Crippen LogP contribution >= 0.6 is 11.6 Å². The molecule has 1 aromatic rings. The molecule has 3 nitrogen and oxygen atoms in total. The first-order valence-electron chi connectivity index (χ1n) is 6.73. The van der Waals surface area contributed by atoms with Crippen LogP contribution in [-0.2, 0) is 16.1 Å². The zero-order valence-corrected chi connectivity index (χ0v) is 12.5. The summed E-state index contributed by atoms with van der Waals surface area (Å²) in [6.07, 6.45) is 1.38. The third kappa shape index (κ3) is 3.70. The predicted octanol–water partition coefficient (Wildman–Crippen LogP) is 3.30. The SMILES string of the molecule is CC1(C)CC(C(=O)NCc2cccc(Cl)c2F)CCO1. The fourth-order valence-corrected chi connectivity index (χ4v) is 2.66. The molecule has 110 valence electrons. The van der Waals surface area contributed by atoms with E-state index >= 15 is 0 Å². The van der Waals surface area contributed by atoms with Gasteiger partial charge in [0.2, 0.25) is 5.91 Å². The van der Waals surface area contributed by atoms with Crippen LogP contribution in [0.4, 0.5) is 4.39 Å². The van der Waals surface area contributed by atoms with Gasteiger partial charge in [0.1, 0.15) is 5.82 Å². The first kappa shape index (κ1) is 15.3. The lowest BCUT2D eigenvalue weighted by molar-refractivity contribution is -0.135. The summed E-state index contributed by atoms with van der Waals surface area (Å²) < 4.78 is 19.3. The van der Waals surface area contributed by atoms with Gasteiger partial charge >= 0.3 is 0 Å². The van der Waals surface area contributed by atoms with Gasteiger partial charge in [0, 0.05) is 24.6 Å². The van der Waals surface area contributed by atoms with E-state index in [4.69, 9.17) is 16.3 Å². The third-order valence-corrected chi connectivity index (χ3v) is 3.84. The van der Waals surface area contributed by atoms with Crippen molar-refractivity contribution in [1.82, 2.24) is 5.32 Å². The number of rotatable bonds is 3. The molecule has 1 fully saturated rings. The molecule has 1 N–H and O–H groups in total. The van der Waals surface area contributed by atoms with Gasteiger partial charge in [0.05, 0.1) is 10.6 Å². The lowest BCUT2D eigenvalue weighted by Crippen LogP contribution is -2.41. The van der Waals surface area contributed by atoms with Crippen LogP contribution in [0.25, 0.3) is 0 Å². The fraction of sp³-hybridized carbons (Fsp3) is 0.533. The number of nitrogens with one attached hydrogen (secondary N) is 1. The zero-order chi connectivity index (χ0) is 14.8. The van der Waals surface area contributed by atoms with Gasteiger partial charge in [0.25, 0.3) is 0 Å². The number of carbonyl (C=O) groups is 1. The lowest BCUT2D eigenvalue weighted by Gasteiger charge is -2.34. The highest BCUT2D eigenvalue weighted by molar-refractivity contribution is 6.30. The Bertz CT molecular complexity index is 505. The van der Waals surface area contributed by atoms with Crippen molar-refractivity contribution in [3.8, 4) is 0 Å². The van der Waals surface area contributed by atoms with Gasteiger partial charge in [-0.25, -0.2) is 4.39 Å². The Morgan fingerprint density at radius 2 is 2.30 bits per heavy atom. The first-order chi connectivity index (χ1) is 9.39. The highest BCUT2D eigenvalue weighted by Gasteiger charge is 2.32. The van der Waals surface area contributed by atoms with E-state index in [2.05, 4.69) is 5.32 Å². The molecule has 20 heavy (non-hydrogen) atoms. The van der Waals surface area contributed by atoms with E-state index in [-0.39, 0.29) is 29.0 Å². The molecular formula is C15H19ClFNO2. The van der Waals surface area contributed by atoms with Crippen molar-refractivity contribution in [3.05, 3.63) is 34.6 Å². The van der Waals surface area contributed by atoms with E-state index in [1.165, 1.54) is 6.07 Å². The van der Waals surface area contributed by atoms with Gasteiger partial charge in [-0.1, -0.05) is 23.7 Å². The number of hydrogen-bond acceptors (Lipinski definition) is 2. The van der Waals surface area contributed by atoms with Crippen molar-refractivity contribution in [2.24, 2.45) is 5.92 Å². The van der Waals surface area contributed by atoms with Crippen LogP contribution in [0, 0.1) is 11.7 Å². The highest BCUT2D eigenvalue weighted by atomic mass is 35.5. The molecule has 1 amide bonds. The van der Waals surface area contributed by atoms with E-state index in [9.17, 15) is 9.18 Å². The maximum absolute atomic E-state index is 13.7. The molecule has 1 heterocycles. The minimum atomic E-state index is -0.471. The van der Waals surface area contributed by atoms with Crippen LogP contribution in [0.3, 0.4) is 0 Å². The summed E-state index contributed by atoms with van der Waals surface area (Å²) in [7, 11) is 0. The summed E-state index contributed by atoms with van der Waals surface area (Å²) in [6, 6.07) is 4.78. The molecular weight excluding hydrogens is 281 g/mol. The summed E-state index contributed by atoms with van der Waals surface area (Å²) >= 11 is 5.71. The number of ether oxygens (including phenoxy) is 1. The smallest absolute Gasteiger partial charge is 0.223 e. The Hall–Kier alpha value is -1.13. The van der Waals surface area contributed by atoms with E-state index in [0.717, 1.165) is 0 Å². The summed E-state index contributed by atoms with van der Waals surface area (Å²) in [4.78, 5) is 12.1. The minimum Gasteiger partial charge on any atom is -0.376 e. The third-order valence-electron chi connectivity index (χ3n) is 3.55. The number of carbonyl (C=O) groups excluding carboxylic acids is 1. The second-order valence-electron chi connectivity index (χ2n) is 5.73. The number of halogens is 2. The Balaban J connectivity index is 1.94. The van der Waals surface area contributed by atoms with Gasteiger partial charge in [0.15, 0.2) is 0 Å². The molecule has 0 saturated carbocycles. The van der Waals surface area contributed by atoms with Crippen molar-refractivity contribution in [3.63, 3.8) is 0 Å². The number of hydrogen-bond donors (Lipinski definition) is 1. The van der Waals surface area contributed by atoms with Crippen LogP contribution in [0.5, 0.6) is 0 Å². The highest BCUT2D eigenvalue weighted by Crippen LogP contribution is 2.28. The van der Waals surface area contributed by atoms with E-state index < -0.39 is 5.82 Å². The van der Waals surface area contributed by atoms with Gasteiger partial charge in [-0.2, -0.15) is 0 Å². The maximum Gasteiger partial charge on any atom is 0.223 e. The van der Waals surface area contributed by atoms with Crippen LogP contribution in [-0.4, -0.2) is 18.1 Å². The minimum absolute atomic E-state index is 0.0549. The molecule has 0 bridgehead atoms. The monoisotopic (exact) mass is 299 g/mol. The summed E-state index contributed by atoms with van der Waals surface area (Å²) in [5.41, 5.74) is 0.124. The quantitative estimate of drug-likeness (QED) is 0.930. The van der Waals surface area contributed by atoms with E-state index in [1.807, 2.05) is 13.8 Å². The number of benzene rings is 1. The molecule has 5 heteroatoms. The second-order valence-corrected chi connectivity index (χ2v) is 6.14. The van der Waals surface area contributed by atoms with Crippen LogP contribution < -0.4 is 5.32 Å². The summed E-state index contributed by atoms with van der Waals surface area (Å²) in [5, 5.41) is 2.85.